The van der Waals surface area contributed by atoms with Gasteiger partial charge in [0.25, 0.3) is 0 Å². The molecule has 8 heteroatoms. The molecule has 0 heterocycles. The van der Waals surface area contributed by atoms with E-state index in [1.54, 1.807) is 6.08 Å². The lowest BCUT2D eigenvalue weighted by Gasteiger charge is -2.33. The number of allylic oxidation sites excluding steroid dienone is 1. The molecular weight excluding hydrogens is 530 g/mol. The summed E-state index contributed by atoms with van der Waals surface area (Å²) in [6, 6.07) is 0. The molecule has 244 valence electrons. The van der Waals surface area contributed by atoms with Gasteiger partial charge in [-0.15, -0.1) is 0 Å². The Bertz CT molecular complexity index is 743. The van der Waals surface area contributed by atoms with Crippen LogP contribution >= 0.6 is 0 Å². The first-order valence-electron chi connectivity index (χ1n) is 17.0. The summed E-state index contributed by atoms with van der Waals surface area (Å²) < 4.78 is 10.9. The van der Waals surface area contributed by atoms with Gasteiger partial charge < -0.3 is 25.0 Å². The molecule has 0 aromatic rings. The van der Waals surface area contributed by atoms with Crippen molar-refractivity contribution in [2.45, 2.75) is 136 Å². The van der Waals surface area contributed by atoms with Gasteiger partial charge in [0.1, 0.15) is 12.7 Å². The van der Waals surface area contributed by atoms with Crippen LogP contribution in [0.3, 0.4) is 0 Å². The minimum Gasteiger partial charge on any atom is -0.458 e. The van der Waals surface area contributed by atoms with E-state index < -0.39 is 30.0 Å². The van der Waals surface area contributed by atoms with Crippen LogP contribution in [0.5, 0.6) is 0 Å². The highest BCUT2D eigenvalue weighted by molar-refractivity contribution is 5.79. The van der Waals surface area contributed by atoms with E-state index in [0.29, 0.717) is 19.5 Å². The standard InChI is InChI=1S/C34H63N3O5/c1-5-6-7-8-9-10-11-12-13-14-15-16-17-18-19-20-25-35-33(39)30-23-21-24-32(42-29(2)38)31(30)28-41-34(40)36-26-22-27-37(3)4/h21,24,30-32H,5-20,22-23,25-28H2,1-4H3,(H,35,39)(H,36,40). The van der Waals surface area contributed by atoms with Crippen molar-refractivity contribution in [3.8, 4) is 0 Å². The van der Waals surface area contributed by atoms with Gasteiger partial charge >= 0.3 is 12.1 Å². The van der Waals surface area contributed by atoms with Gasteiger partial charge in [0.15, 0.2) is 0 Å². The number of rotatable bonds is 25. The number of unbranched alkanes of at least 4 members (excludes halogenated alkanes) is 15. The largest absolute Gasteiger partial charge is 0.458 e. The summed E-state index contributed by atoms with van der Waals surface area (Å²) in [6.45, 7) is 5.65. The molecule has 0 saturated heterocycles. The normalized spacial score (nSPS) is 18.2. The van der Waals surface area contributed by atoms with E-state index in [2.05, 4.69) is 17.6 Å². The van der Waals surface area contributed by atoms with Crippen LogP contribution in [0.4, 0.5) is 4.79 Å². The predicted molar refractivity (Wildman–Crippen MR) is 171 cm³/mol. The number of esters is 1. The first kappa shape index (κ1) is 37.9. The van der Waals surface area contributed by atoms with Crippen molar-refractivity contribution in [2.75, 3.05) is 40.3 Å². The molecule has 0 saturated carbocycles. The fraction of sp³-hybridized carbons (Fsp3) is 0.853. The molecule has 0 aromatic heterocycles. The number of alkyl carbamates (subject to hydrolysis) is 1. The molecule has 3 atom stereocenters. The van der Waals surface area contributed by atoms with Gasteiger partial charge in [-0.25, -0.2) is 4.79 Å². The van der Waals surface area contributed by atoms with E-state index in [-0.39, 0.29) is 12.5 Å². The third-order valence-corrected chi connectivity index (χ3v) is 8.08. The van der Waals surface area contributed by atoms with Crippen LogP contribution in [0.15, 0.2) is 12.2 Å². The third kappa shape index (κ3) is 19.9. The number of amides is 2. The van der Waals surface area contributed by atoms with Crippen LogP contribution in [0, 0.1) is 11.8 Å². The van der Waals surface area contributed by atoms with Gasteiger partial charge in [0.05, 0.1) is 5.92 Å². The van der Waals surface area contributed by atoms with Crippen LogP contribution in [-0.2, 0) is 19.1 Å². The Balaban J connectivity index is 2.21. The zero-order valence-corrected chi connectivity index (χ0v) is 27.4. The number of hydrogen-bond donors (Lipinski definition) is 2. The van der Waals surface area contributed by atoms with Crippen molar-refractivity contribution in [1.29, 1.82) is 0 Å². The minimum absolute atomic E-state index is 0.0128. The van der Waals surface area contributed by atoms with Crippen LogP contribution < -0.4 is 10.6 Å². The molecule has 8 nitrogen and oxygen atoms in total. The van der Waals surface area contributed by atoms with Crippen LogP contribution in [0.25, 0.3) is 0 Å². The summed E-state index contributed by atoms with van der Waals surface area (Å²) >= 11 is 0. The molecule has 1 aliphatic rings. The molecule has 0 aliphatic heterocycles. The zero-order chi connectivity index (χ0) is 30.8. The molecule has 1 rings (SSSR count). The second-order valence-corrected chi connectivity index (χ2v) is 12.3. The van der Waals surface area contributed by atoms with Crippen molar-refractivity contribution >= 4 is 18.0 Å². The fourth-order valence-electron chi connectivity index (χ4n) is 5.56. The molecule has 2 amide bonds. The van der Waals surface area contributed by atoms with E-state index in [4.69, 9.17) is 9.47 Å². The van der Waals surface area contributed by atoms with Crippen LogP contribution in [0.1, 0.15) is 129 Å². The summed E-state index contributed by atoms with van der Waals surface area (Å²) in [5.41, 5.74) is 0. The summed E-state index contributed by atoms with van der Waals surface area (Å²) in [5.74, 6) is -1.33. The molecule has 1 aliphatic carbocycles. The Morgan fingerprint density at radius 3 is 1.81 bits per heavy atom. The molecule has 2 N–H and O–H groups in total. The van der Waals surface area contributed by atoms with E-state index in [9.17, 15) is 14.4 Å². The monoisotopic (exact) mass is 593 g/mol. The molecular formula is C34H63N3O5. The Labute approximate surface area is 257 Å². The number of nitrogens with zero attached hydrogens (tertiary/aromatic N) is 1. The fourth-order valence-corrected chi connectivity index (χ4v) is 5.56. The Kier molecular flexibility index (Phi) is 23.0. The van der Waals surface area contributed by atoms with Crippen molar-refractivity contribution in [3.05, 3.63) is 12.2 Å². The van der Waals surface area contributed by atoms with Gasteiger partial charge in [0.2, 0.25) is 5.91 Å². The third-order valence-electron chi connectivity index (χ3n) is 8.08. The molecule has 0 aromatic carbocycles. The molecule has 0 bridgehead atoms. The van der Waals surface area contributed by atoms with E-state index in [0.717, 1.165) is 25.8 Å². The number of carbonyl (C=O) groups excluding carboxylic acids is 3. The maximum absolute atomic E-state index is 13.1. The van der Waals surface area contributed by atoms with Crippen molar-refractivity contribution in [2.24, 2.45) is 11.8 Å². The summed E-state index contributed by atoms with van der Waals surface area (Å²) in [6.07, 6.45) is 25.0. The maximum atomic E-state index is 13.1. The number of nitrogens with one attached hydrogen (secondary N) is 2. The topological polar surface area (TPSA) is 97.0 Å². The van der Waals surface area contributed by atoms with Gasteiger partial charge in [0, 0.05) is 25.9 Å². The molecule has 0 fully saturated rings. The number of hydrogen-bond acceptors (Lipinski definition) is 6. The Morgan fingerprint density at radius 1 is 0.762 bits per heavy atom. The van der Waals surface area contributed by atoms with E-state index in [1.807, 2.05) is 25.1 Å². The highest BCUT2D eigenvalue weighted by Crippen LogP contribution is 2.29. The van der Waals surface area contributed by atoms with Gasteiger partial charge in [-0.3, -0.25) is 9.59 Å². The SMILES string of the molecule is CCCCCCCCCCCCCCCCCCNC(=O)C1CC=CC(OC(C)=O)C1COC(=O)NCCCN(C)C. The van der Waals surface area contributed by atoms with E-state index >= 15 is 0 Å². The van der Waals surface area contributed by atoms with Crippen molar-refractivity contribution in [3.63, 3.8) is 0 Å². The first-order chi connectivity index (χ1) is 20.3. The first-order valence-corrected chi connectivity index (χ1v) is 17.0. The molecule has 3 unspecified atom stereocenters. The summed E-state index contributed by atoms with van der Waals surface area (Å²) in [7, 11) is 3.96. The average molecular weight is 594 g/mol. The zero-order valence-electron chi connectivity index (χ0n) is 27.4. The van der Waals surface area contributed by atoms with E-state index in [1.165, 1.54) is 96.8 Å². The van der Waals surface area contributed by atoms with Crippen LogP contribution in [-0.4, -0.2) is 69.3 Å². The smallest absolute Gasteiger partial charge is 0.407 e. The average Bonchev–Trinajstić information content (AvgIpc) is 2.95. The second-order valence-electron chi connectivity index (χ2n) is 12.3. The minimum atomic E-state index is -0.593. The lowest BCUT2D eigenvalue weighted by Crippen LogP contribution is -2.45. The summed E-state index contributed by atoms with van der Waals surface area (Å²) in [4.78, 5) is 39.0. The maximum Gasteiger partial charge on any atom is 0.407 e. The lowest BCUT2D eigenvalue weighted by molar-refractivity contribution is -0.150. The number of ether oxygens (including phenoxy) is 2. The Hall–Kier alpha value is -2.09. The molecule has 0 spiro atoms. The Morgan fingerprint density at radius 2 is 1.29 bits per heavy atom. The summed E-state index contributed by atoms with van der Waals surface area (Å²) in [5, 5.41) is 5.82. The highest BCUT2D eigenvalue weighted by Gasteiger charge is 2.37. The molecule has 42 heavy (non-hydrogen) atoms. The quantitative estimate of drug-likeness (QED) is 0.0662. The highest BCUT2D eigenvalue weighted by atomic mass is 16.6. The van der Waals surface area contributed by atoms with Gasteiger partial charge in [-0.1, -0.05) is 109 Å². The van der Waals surface area contributed by atoms with Crippen molar-refractivity contribution in [1.82, 2.24) is 15.5 Å². The lowest BCUT2D eigenvalue weighted by atomic mass is 9.80. The van der Waals surface area contributed by atoms with Gasteiger partial charge in [-0.2, -0.15) is 0 Å². The van der Waals surface area contributed by atoms with Crippen molar-refractivity contribution < 1.29 is 23.9 Å². The number of carbonyl (C=O) groups is 3. The predicted octanol–water partition coefficient (Wildman–Crippen LogP) is 7.17. The van der Waals surface area contributed by atoms with Gasteiger partial charge in [-0.05, 0) is 46.0 Å². The second kappa shape index (κ2) is 25.4. The molecule has 0 radical (unpaired) electrons. The van der Waals surface area contributed by atoms with Crippen LogP contribution in [0.2, 0.25) is 0 Å².